The fraction of sp³-hybridized carbons (Fsp3) is 0.300. The van der Waals surface area contributed by atoms with Crippen molar-refractivity contribution in [3.05, 3.63) is 71.7 Å². The third kappa shape index (κ3) is 4.09. The second-order valence-electron chi connectivity index (χ2n) is 6.15. The molecule has 0 atom stereocenters. The maximum absolute atomic E-state index is 13.0. The lowest BCUT2D eigenvalue weighted by Gasteiger charge is -2.17. The van der Waals surface area contributed by atoms with Gasteiger partial charge in [0.05, 0.1) is 12.3 Å². The van der Waals surface area contributed by atoms with Crippen molar-refractivity contribution in [2.45, 2.75) is 13.1 Å². The lowest BCUT2D eigenvalue weighted by Crippen LogP contribution is -2.29. The smallest absolute Gasteiger partial charge is 0.274 e. The lowest BCUT2D eigenvalue weighted by molar-refractivity contribution is 0.0778. The molecule has 0 bridgehead atoms. The number of fused-ring (bicyclic) bond motifs is 1. The van der Waals surface area contributed by atoms with Gasteiger partial charge in [0.25, 0.3) is 5.91 Å². The minimum Gasteiger partial charge on any atom is -0.383 e. The van der Waals surface area contributed by atoms with E-state index in [0.29, 0.717) is 31.9 Å². The number of carbonyl (C=O) groups is 1. The summed E-state index contributed by atoms with van der Waals surface area (Å²) >= 11 is 0. The highest BCUT2D eigenvalue weighted by molar-refractivity contribution is 5.94. The molecule has 1 N–H and O–H groups in total. The van der Waals surface area contributed by atoms with E-state index >= 15 is 0 Å². The predicted molar refractivity (Wildman–Crippen MR) is 101 cm³/mol. The van der Waals surface area contributed by atoms with Gasteiger partial charge >= 0.3 is 0 Å². The number of nitrogens with one attached hydrogen (secondary N) is 1. The van der Waals surface area contributed by atoms with Gasteiger partial charge in [-0.15, -0.1) is 0 Å². The van der Waals surface area contributed by atoms with E-state index < -0.39 is 0 Å². The average molecular weight is 352 g/mol. The Balaban J connectivity index is 1.84. The number of hydrogen-bond acceptors (Lipinski definition) is 4. The van der Waals surface area contributed by atoms with Gasteiger partial charge in [0.15, 0.2) is 5.69 Å². The van der Waals surface area contributed by atoms with Crippen LogP contribution in [0.15, 0.2) is 54.7 Å². The van der Waals surface area contributed by atoms with Gasteiger partial charge < -0.3 is 19.4 Å². The molecule has 0 fully saturated rings. The van der Waals surface area contributed by atoms with Crippen molar-refractivity contribution in [2.24, 2.45) is 0 Å². The number of nitrogens with zero attached hydrogens (tertiary/aromatic N) is 3. The molecule has 0 unspecified atom stereocenters. The van der Waals surface area contributed by atoms with E-state index in [1.807, 2.05) is 66.2 Å². The summed E-state index contributed by atoms with van der Waals surface area (Å²) in [4.78, 5) is 19.3. The molecule has 0 aliphatic carbocycles. The largest absolute Gasteiger partial charge is 0.383 e. The quantitative estimate of drug-likeness (QED) is 0.632. The number of imidazole rings is 1. The molecule has 6 nitrogen and oxygen atoms in total. The fourth-order valence-electron chi connectivity index (χ4n) is 2.88. The van der Waals surface area contributed by atoms with Gasteiger partial charge in [-0.25, -0.2) is 4.98 Å². The second-order valence-corrected chi connectivity index (χ2v) is 6.15. The van der Waals surface area contributed by atoms with E-state index in [9.17, 15) is 4.79 Å². The van der Waals surface area contributed by atoms with Gasteiger partial charge in [0.2, 0.25) is 0 Å². The molecule has 2 aromatic heterocycles. The number of pyridine rings is 1. The molecule has 3 rings (SSSR count). The summed E-state index contributed by atoms with van der Waals surface area (Å²) in [5.41, 5.74) is 3.21. The van der Waals surface area contributed by atoms with Crippen LogP contribution in [0.3, 0.4) is 0 Å². The van der Waals surface area contributed by atoms with Gasteiger partial charge in [-0.3, -0.25) is 4.79 Å². The lowest BCUT2D eigenvalue weighted by atomic mass is 10.2. The van der Waals surface area contributed by atoms with E-state index in [0.717, 1.165) is 16.9 Å². The molecule has 6 heteroatoms. The topological polar surface area (TPSA) is 58.9 Å². The monoisotopic (exact) mass is 352 g/mol. The Morgan fingerprint density at radius 3 is 2.73 bits per heavy atom. The number of rotatable bonds is 8. The number of methoxy groups -OCH3 is 1. The number of carbonyl (C=O) groups excluding carboxylic acids is 1. The van der Waals surface area contributed by atoms with E-state index in [1.165, 1.54) is 0 Å². The van der Waals surface area contributed by atoms with Crippen molar-refractivity contribution in [1.82, 2.24) is 19.6 Å². The molecular weight excluding hydrogens is 328 g/mol. The van der Waals surface area contributed by atoms with Gasteiger partial charge in [0, 0.05) is 40.0 Å². The SMILES string of the molecule is COCCNCc1c(C(=O)N(C)Cc2ccccc2)nc2ccccn12. The average Bonchev–Trinajstić information content (AvgIpc) is 3.04. The Morgan fingerprint density at radius 1 is 1.19 bits per heavy atom. The van der Waals surface area contributed by atoms with Gasteiger partial charge in [-0.2, -0.15) is 0 Å². The first kappa shape index (κ1) is 18.1. The van der Waals surface area contributed by atoms with Crippen LogP contribution in [0, 0.1) is 0 Å². The van der Waals surface area contributed by atoms with Crippen molar-refractivity contribution in [2.75, 3.05) is 27.3 Å². The Morgan fingerprint density at radius 2 is 1.96 bits per heavy atom. The Bertz CT molecular complexity index is 861. The number of ether oxygens (including phenoxy) is 1. The van der Waals surface area contributed by atoms with E-state index in [1.54, 1.807) is 12.0 Å². The Hall–Kier alpha value is -2.70. The van der Waals surface area contributed by atoms with Gasteiger partial charge in [0.1, 0.15) is 5.65 Å². The second kappa shape index (κ2) is 8.60. The molecule has 3 aromatic rings. The van der Waals surface area contributed by atoms with Crippen molar-refractivity contribution in [3.63, 3.8) is 0 Å². The standard InChI is InChI=1S/C20H24N4O2/c1-23(15-16-8-4-3-5-9-16)20(25)19-17(14-21-11-13-26-2)24-12-7-6-10-18(24)22-19/h3-10,12,21H,11,13-15H2,1-2H3. The molecule has 2 heterocycles. The zero-order valence-electron chi connectivity index (χ0n) is 15.2. The summed E-state index contributed by atoms with van der Waals surface area (Å²) in [6.07, 6.45) is 1.93. The first-order chi connectivity index (χ1) is 12.7. The van der Waals surface area contributed by atoms with Crippen molar-refractivity contribution < 1.29 is 9.53 Å². The minimum atomic E-state index is -0.0823. The van der Waals surface area contributed by atoms with Crippen LogP contribution in [0.4, 0.5) is 0 Å². The number of aromatic nitrogens is 2. The molecule has 0 aliphatic rings. The molecule has 0 saturated carbocycles. The molecule has 0 spiro atoms. The predicted octanol–water partition coefficient (Wildman–Crippen LogP) is 2.34. The molecule has 136 valence electrons. The van der Waals surface area contributed by atoms with Crippen LogP contribution < -0.4 is 5.32 Å². The molecule has 1 aromatic carbocycles. The zero-order valence-corrected chi connectivity index (χ0v) is 15.2. The Kier molecular flexibility index (Phi) is 5.99. The summed E-state index contributed by atoms with van der Waals surface area (Å²) in [5.74, 6) is -0.0823. The molecule has 1 amide bonds. The fourth-order valence-corrected chi connectivity index (χ4v) is 2.88. The molecule has 0 radical (unpaired) electrons. The molecule has 26 heavy (non-hydrogen) atoms. The van der Waals surface area contributed by atoms with Gasteiger partial charge in [-0.1, -0.05) is 36.4 Å². The highest BCUT2D eigenvalue weighted by Crippen LogP contribution is 2.16. The Labute approximate surface area is 153 Å². The summed E-state index contributed by atoms with van der Waals surface area (Å²) in [6.45, 7) is 2.43. The first-order valence-corrected chi connectivity index (χ1v) is 8.65. The van der Waals surface area contributed by atoms with Crippen LogP contribution in [-0.4, -0.2) is 47.5 Å². The number of benzene rings is 1. The number of amides is 1. The summed E-state index contributed by atoms with van der Waals surface area (Å²) in [6, 6.07) is 15.7. The van der Waals surface area contributed by atoms with Gasteiger partial charge in [-0.05, 0) is 17.7 Å². The van der Waals surface area contributed by atoms with E-state index in [-0.39, 0.29) is 5.91 Å². The van der Waals surface area contributed by atoms with Crippen molar-refractivity contribution in [1.29, 1.82) is 0 Å². The molecular formula is C20H24N4O2. The van der Waals surface area contributed by atoms with Crippen LogP contribution in [0.25, 0.3) is 5.65 Å². The van der Waals surface area contributed by atoms with E-state index in [4.69, 9.17) is 4.74 Å². The molecule has 0 saturated heterocycles. The normalized spacial score (nSPS) is 11.0. The summed E-state index contributed by atoms with van der Waals surface area (Å²) in [7, 11) is 3.48. The highest BCUT2D eigenvalue weighted by atomic mass is 16.5. The maximum atomic E-state index is 13.0. The third-order valence-corrected chi connectivity index (χ3v) is 4.22. The van der Waals surface area contributed by atoms with Crippen LogP contribution in [0.5, 0.6) is 0 Å². The minimum absolute atomic E-state index is 0.0823. The molecule has 0 aliphatic heterocycles. The first-order valence-electron chi connectivity index (χ1n) is 8.65. The maximum Gasteiger partial charge on any atom is 0.274 e. The van der Waals surface area contributed by atoms with Crippen LogP contribution >= 0.6 is 0 Å². The summed E-state index contributed by atoms with van der Waals surface area (Å²) < 4.78 is 7.03. The third-order valence-electron chi connectivity index (χ3n) is 4.22. The zero-order chi connectivity index (χ0) is 18.4. The van der Waals surface area contributed by atoms with Crippen LogP contribution in [0.1, 0.15) is 21.7 Å². The van der Waals surface area contributed by atoms with E-state index in [2.05, 4.69) is 10.3 Å². The number of hydrogen-bond donors (Lipinski definition) is 1. The summed E-state index contributed by atoms with van der Waals surface area (Å²) in [5, 5.41) is 3.31. The van der Waals surface area contributed by atoms with Crippen molar-refractivity contribution >= 4 is 11.6 Å². The van der Waals surface area contributed by atoms with Crippen LogP contribution in [-0.2, 0) is 17.8 Å². The van der Waals surface area contributed by atoms with Crippen molar-refractivity contribution in [3.8, 4) is 0 Å². The van der Waals surface area contributed by atoms with Crippen LogP contribution in [0.2, 0.25) is 0 Å². The highest BCUT2D eigenvalue weighted by Gasteiger charge is 2.21.